The first-order chi connectivity index (χ1) is 13.2. The number of anilines is 1. The maximum Gasteiger partial charge on any atom is 0.224 e. The highest BCUT2D eigenvalue weighted by molar-refractivity contribution is 5.79. The molecule has 0 radical (unpaired) electrons. The van der Waals surface area contributed by atoms with Gasteiger partial charge in [-0.05, 0) is 49.1 Å². The van der Waals surface area contributed by atoms with Gasteiger partial charge < -0.3 is 15.1 Å². The van der Waals surface area contributed by atoms with Crippen molar-refractivity contribution in [1.82, 2.24) is 10.2 Å². The third-order valence-corrected chi connectivity index (χ3v) is 5.88. The number of piperazine rings is 1. The molecule has 0 saturated carbocycles. The molecular weight excluding hydrogens is 334 g/mol. The second-order valence-corrected chi connectivity index (χ2v) is 7.87. The Kier molecular flexibility index (Phi) is 5.44. The SMILES string of the molecule is CN1CCN(c2cccc3c2C[C@H](NC(=O)Cc2ccccc2)CC3)CC1. The molecule has 4 nitrogen and oxygen atoms in total. The van der Waals surface area contributed by atoms with Crippen molar-refractivity contribution in [1.29, 1.82) is 0 Å². The summed E-state index contributed by atoms with van der Waals surface area (Å²) in [5.41, 5.74) is 5.35. The first kappa shape index (κ1) is 18.1. The summed E-state index contributed by atoms with van der Waals surface area (Å²) in [5, 5.41) is 3.28. The van der Waals surface area contributed by atoms with Crippen LogP contribution in [0.1, 0.15) is 23.1 Å². The number of carbonyl (C=O) groups is 1. The van der Waals surface area contributed by atoms with E-state index in [1.165, 1.54) is 16.8 Å². The summed E-state index contributed by atoms with van der Waals surface area (Å²) in [5.74, 6) is 0.131. The second-order valence-electron chi connectivity index (χ2n) is 7.87. The van der Waals surface area contributed by atoms with Gasteiger partial charge in [-0.25, -0.2) is 0 Å². The Labute approximate surface area is 162 Å². The summed E-state index contributed by atoms with van der Waals surface area (Å²) in [6.45, 7) is 4.39. The summed E-state index contributed by atoms with van der Waals surface area (Å²) >= 11 is 0. The Bertz CT molecular complexity index is 781. The van der Waals surface area contributed by atoms with E-state index in [1.54, 1.807) is 0 Å². The lowest BCUT2D eigenvalue weighted by Gasteiger charge is -2.37. The van der Waals surface area contributed by atoms with Crippen molar-refractivity contribution < 1.29 is 4.79 Å². The zero-order valence-corrected chi connectivity index (χ0v) is 16.2. The van der Waals surface area contributed by atoms with Crippen molar-refractivity contribution in [2.75, 3.05) is 38.1 Å². The molecule has 1 saturated heterocycles. The topological polar surface area (TPSA) is 35.6 Å². The lowest BCUT2D eigenvalue weighted by molar-refractivity contribution is -0.121. The minimum Gasteiger partial charge on any atom is -0.369 e. The normalized spacial score (nSPS) is 20.2. The Morgan fingerprint density at radius 2 is 1.81 bits per heavy atom. The lowest BCUT2D eigenvalue weighted by atomic mass is 9.86. The van der Waals surface area contributed by atoms with Crippen LogP contribution in [-0.4, -0.2) is 50.1 Å². The molecule has 0 bridgehead atoms. The number of likely N-dealkylation sites (N-methyl/N-ethyl adjacent to an activating group) is 1. The third kappa shape index (κ3) is 4.33. The molecule has 142 valence electrons. The first-order valence-corrected chi connectivity index (χ1v) is 10.1. The third-order valence-electron chi connectivity index (χ3n) is 5.88. The minimum absolute atomic E-state index is 0.131. The fourth-order valence-electron chi connectivity index (χ4n) is 4.30. The van der Waals surface area contributed by atoms with Gasteiger partial charge in [0.25, 0.3) is 0 Å². The summed E-state index contributed by atoms with van der Waals surface area (Å²) in [7, 11) is 2.19. The summed E-state index contributed by atoms with van der Waals surface area (Å²) in [4.78, 5) is 17.4. The van der Waals surface area contributed by atoms with Gasteiger partial charge in [0.15, 0.2) is 0 Å². The quantitative estimate of drug-likeness (QED) is 0.907. The van der Waals surface area contributed by atoms with Crippen LogP contribution in [-0.2, 0) is 24.1 Å². The van der Waals surface area contributed by atoms with Gasteiger partial charge in [0.05, 0.1) is 6.42 Å². The van der Waals surface area contributed by atoms with Crippen LogP contribution in [0, 0.1) is 0 Å². The molecular formula is C23H29N3O. The van der Waals surface area contributed by atoms with Crippen LogP contribution in [0.5, 0.6) is 0 Å². The van der Waals surface area contributed by atoms with Crippen molar-refractivity contribution in [3.8, 4) is 0 Å². The number of hydrogen-bond donors (Lipinski definition) is 1. The van der Waals surface area contributed by atoms with Gasteiger partial charge in [-0.3, -0.25) is 4.79 Å². The number of fused-ring (bicyclic) bond motifs is 1. The van der Waals surface area contributed by atoms with Gasteiger partial charge >= 0.3 is 0 Å². The molecule has 4 heteroatoms. The van der Waals surface area contributed by atoms with E-state index < -0.39 is 0 Å². The number of nitrogens with one attached hydrogen (secondary N) is 1. The van der Waals surface area contributed by atoms with Crippen molar-refractivity contribution in [3.63, 3.8) is 0 Å². The minimum atomic E-state index is 0.131. The van der Waals surface area contributed by atoms with Crippen LogP contribution in [0.2, 0.25) is 0 Å². The number of carbonyl (C=O) groups excluding carboxylic acids is 1. The predicted molar refractivity (Wildman–Crippen MR) is 110 cm³/mol. The largest absolute Gasteiger partial charge is 0.369 e. The second kappa shape index (κ2) is 8.13. The number of benzene rings is 2. The van der Waals surface area contributed by atoms with Gasteiger partial charge in [-0.2, -0.15) is 0 Å². The molecule has 1 fully saturated rings. The summed E-state index contributed by atoms with van der Waals surface area (Å²) in [6.07, 6.45) is 3.48. The Morgan fingerprint density at radius 3 is 2.59 bits per heavy atom. The average Bonchev–Trinajstić information content (AvgIpc) is 2.69. The van der Waals surface area contributed by atoms with E-state index in [4.69, 9.17) is 0 Å². The number of aryl methyl sites for hydroxylation is 1. The van der Waals surface area contributed by atoms with E-state index in [1.807, 2.05) is 30.3 Å². The van der Waals surface area contributed by atoms with Crippen LogP contribution < -0.4 is 10.2 Å². The number of nitrogens with zero attached hydrogens (tertiary/aromatic N) is 2. The smallest absolute Gasteiger partial charge is 0.224 e. The maximum atomic E-state index is 12.5. The molecule has 0 unspecified atom stereocenters. The molecule has 1 atom stereocenters. The van der Waals surface area contributed by atoms with Gasteiger partial charge in [0.1, 0.15) is 0 Å². The summed E-state index contributed by atoms with van der Waals surface area (Å²) < 4.78 is 0. The van der Waals surface area contributed by atoms with Crippen LogP contribution in [0.4, 0.5) is 5.69 Å². The standard InChI is InChI=1S/C23H29N3O/c1-25-12-14-26(15-13-25)22-9-5-8-19-10-11-20(17-21(19)22)24-23(27)16-18-6-3-2-4-7-18/h2-9,20H,10-17H2,1H3,(H,24,27)/t20-/m1/s1. The van der Waals surface area contributed by atoms with E-state index in [9.17, 15) is 4.79 Å². The number of hydrogen-bond acceptors (Lipinski definition) is 3. The molecule has 27 heavy (non-hydrogen) atoms. The van der Waals surface area contributed by atoms with Crippen molar-refractivity contribution >= 4 is 11.6 Å². The molecule has 1 amide bonds. The van der Waals surface area contributed by atoms with Crippen LogP contribution in [0.25, 0.3) is 0 Å². The van der Waals surface area contributed by atoms with Gasteiger partial charge in [-0.1, -0.05) is 42.5 Å². The molecule has 1 aliphatic heterocycles. The molecule has 1 aliphatic carbocycles. The van der Waals surface area contributed by atoms with E-state index in [-0.39, 0.29) is 11.9 Å². The Balaban J connectivity index is 1.43. The van der Waals surface area contributed by atoms with E-state index in [2.05, 4.69) is 40.4 Å². The average molecular weight is 364 g/mol. The zero-order chi connectivity index (χ0) is 18.6. The fourth-order valence-corrected chi connectivity index (χ4v) is 4.30. The maximum absolute atomic E-state index is 12.5. The van der Waals surface area contributed by atoms with E-state index >= 15 is 0 Å². The monoisotopic (exact) mass is 363 g/mol. The van der Waals surface area contributed by atoms with Gasteiger partial charge in [0.2, 0.25) is 5.91 Å². The Morgan fingerprint density at radius 1 is 1.04 bits per heavy atom. The molecule has 2 aliphatic rings. The lowest BCUT2D eigenvalue weighted by Crippen LogP contribution is -2.45. The molecule has 0 spiro atoms. The van der Waals surface area contributed by atoms with E-state index in [0.29, 0.717) is 6.42 Å². The molecule has 4 rings (SSSR count). The number of amides is 1. The van der Waals surface area contributed by atoms with Crippen LogP contribution >= 0.6 is 0 Å². The van der Waals surface area contributed by atoms with Gasteiger partial charge in [-0.15, -0.1) is 0 Å². The highest BCUT2D eigenvalue weighted by Gasteiger charge is 2.25. The van der Waals surface area contributed by atoms with Crippen molar-refractivity contribution in [2.24, 2.45) is 0 Å². The fraction of sp³-hybridized carbons (Fsp3) is 0.435. The molecule has 1 heterocycles. The molecule has 2 aromatic rings. The van der Waals surface area contributed by atoms with Crippen LogP contribution in [0.15, 0.2) is 48.5 Å². The van der Waals surface area contributed by atoms with Crippen molar-refractivity contribution in [3.05, 3.63) is 65.2 Å². The predicted octanol–water partition coefficient (Wildman–Crippen LogP) is 2.65. The van der Waals surface area contributed by atoms with Crippen molar-refractivity contribution in [2.45, 2.75) is 31.7 Å². The molecule has 2 aromatic carbocycles. The first-order valence-electron chi connectivity index (χ1n) is 10.1. The zero-order valence-electron chi connectivity index (χ0n) is 16.2. The summed E-state index contributed by atoms with van der Waals surface area (Å²) in [6, 6.07) is 16.9. The Hall–Kier alpha value is -2.33. The van der Waals surface area contributed by atoms with Gasteiger partial charge in [0, 0.05) is 37.9 Å². The number of rotatable bonds is 4. The molecule has 0 aromatic heterocycles. The van der Waals surface area contributed by atoms with Crippen LogP contribution in [0.3, 0.4) is 0 Å². The highest BCUT2D eigenvalue weighted by Crippen LogP contribution is 2.31. The highest BCUT2D eigenvalue weighted by atomic mass is 16.1. The molecule has 1 N–H and O–H groups in total. The van der Waals surface area contributed by atoms with E-state index in [0.717, 1.165) is 51.0 Å².